The van der Waals surface area contributed by atoms with Crippen LogP contribution in [-0.2, 0) is 18.3 Å². The molecule has 7 aromatic carbocycles. The van der Waals surface area contributed by atoms with Gasteiger partial charge >= 0.3 is 0 Å². The van der Waals surface area contributed by atoms with Gasteiger partial charge in [-0.15, -0.1) is 0 Å². The number of fused-ring (bicyclic) bond motifs is 7. The second-order valence-corrected chi connectivity index (χ2v) is 19.1. The third-order valence-corrected chi connectivity index (χ3v) is 14.6. The van der Waals surface area contributed by atoms with E-state index < -0.39 is 0 Å². The summed E-state index contributed by atoms with van der Waals surface area (Å²) < 4.78 is 0. The SMILES string of the molecule is CC1CCc2ccccc2N1c1ccc2cc(-c3ccc(/C=C/c4ccc5c(c4)C(C)(C)C4C=C(N6c7ccccc7CCC6(C)C)C=CC54)c4ccccc34)ccc2c1. The van der Waals surface area contributed by atoms with Crippen LogP contribution in [0, 0.1) is 5.92 Å². The fourth-order valence-electron chi connectivity index (χ4n) is 11.3. The van der Waals surface area contributed by atoms with Crippen LogP contribution in [0.15, 0.2) is 163 Å². The summed E-state index contributed by atoms with van der Waals surface area (Å²) in [6, 6.07) is 53.1. The van der Waals surface area contributed by atoms with E-state index in [1.807, 2.05) is 0 Å². The first-order valence-corrected chi connectivity index (χ1v) is 22.2. The lowest BCUT2D eigenvalue weighted by atomic mass is 9.73. The first kappa shape index (κ1) is 36.9. The van der Waals surface area contributed by atoms with Crippen molar-refractivity contribution in [3.8, 4) is 11.1 Å². The van der Waals surface area contributed by atoms with E-state index in [2.05, 4.69) is 214 Å². The Labute approximate surface area is 356 Å². The van der Waals surface area contributed by atoms with Gasteiger partial charge in [0.15, 0.2) is 0 Å². The molecule has 296 valence electrons. The molecule has 11 rings (SSSR count). The molecule has 0 saturated carbocycles. The molecule has 2 aliphatic heterocycles. The topological polar surface area (TPSA) is 6.48 Å². The van der Waals surface area contributed by atoms with Crippen LogP contribution in [0.25, 0.3) is 44.8 Å². The molecule has 2 heteroatoms. The molecule has 3 unspecified atom stereocenters. The third kappa shape index (κ3) is 5.98. The minimum Gasteiger partial charge on any atom is -0.338 e. The van der Waals surface area contributed by atoms with Gasteiger partial charge in [-0.3, -0.25) is 0 Å². The number of allylic oxidation sites excluding steroid dienone is 3. The summed E-state index contributed by atoms with van der Waals surface area (Å²) in [7, 11) is 0. The molecule has 3 atom stereocenters. The molecule has 4 aliphatic rings. The number of rotatable bonds is 5. The van der Waals surface area contributed by atoms with Crippen LogP contribution in [0.1, 0.15) is 86.8 Å². The van der Waals surface area contributed by atoms with Crippen LogP contribution in [0.2, 0.25) is 0 Å². The summed E-state index contributed by atoms with van der Waals surface area (Å²) in [6.07, 6.45) is 16.7. The normalized spacial score (nSPS) is 21.1. The lowest BCUT2D eigenvalue weighted by molar-refractivity contribution is 0.384. The van der Waals surface area contributed by atoms with Crippen LogP contribution in [-0.4, -0.2) is 11.6 Å². The van der Waals surface area contributed by atoms with Gasteiger partial charge in [-0.1, -0.05) is 147 Å². The molecular weight excluding hydrogens is 725 g/mol. The Hall–Kier alpha value is -6.12. The van der Waals surface area contributed by atoms with E-state index in [9.17, 15) is 0 Å². The summed E-state index contributed by atoms with van der Waals surface area (Å²) in [6.45, 7) is 12.1. The van der Waals surface area contributed by atoms with Gasteiger partial charge in [-0.05, 0) is 160 Å². The molecule has 0 fully saturated rings. The Balaban J connectivity index is 0.877. The smallest absolute Gasteiger partial charge is 0.0448 e. The van der Waals surface area contributed by atoms with E-state index in [1.165, 1.54) is 95.2 Å². The summed E-state index contributed by atoms with van der Waals surface area (Å²) in [5, 5.41) is 5.10. The van der Waals surface area contributed by atoms with E-state index in [4.69, 9.17) is 0 Å². The zero-order valence-corrected chi connectivity index (χ0v) is 35.6. The second kappa shape index (κ2) is 14.0. The van der Waals surface area contributed by atoms with Crippen LogP contribution < -0.4 is 9.80 Å². The largest absolute Gasteiger partial charge is 0.338 e. The maximum Gasteiger partial charge on any atom is 0.0448 e. The van der Waals surface area contributed by atoms with Crippen molar-refractivity contribution in [2.45, 2.75) is 83.2 Å². The van der Waals surface area contributed by atoms with Gasteiger partial charge in [0.25, 0.3) is 0 Å². The first-order chi connectivity index (χ1) is 29.1. The van der Waals surface area contributed by atoms with Crippen LogP contribution in [0.4, 0.5) is 17.1 Å². The Bertz CT molecular complexity index is 2940. The number of anilines is 3. The maximum absolute atomic E-state index is 2.62. The lowest BCUT2D eigenvalue weighted by Crippen LogP contribution is -2.47. The number of benzene rings is 7. The highest BCUT2D eigenvalue weighted by molar-refractivity contribution is 6.03. The molecule has 0 aromatic heterocycles. The second-order valence-electron chi connectivity index (χ2n) is 19.1. The molecule has 60 heavy (non-hydrogen) atoms. The van der Waals surface area contributed by atoms with Crippen molar-refractivity contribution in [3.63, 3.8) is 0 Å². The molecule has 0 radical (unpaired) electrons. The average Bonchev–Trinajstić information content (AvgIpc) is 3.49. The molecule has 0 saturated heterocycles. The van der Waals surface area contributed by atoms with E-state index in [0.717, 1.165) is 19.3 Å². The molecule has 0 bridgehead atoms. The van der Waals surface area contributed by atoms with Crippen molar-refractivity contribution < 1.29 is 0 Å². The van der Waals surface area contributed by atoms with Crippen LogP contribution in [0.5, 0.6) is 0 Å². The minimum atomic E-state index is 0.00642. The van der Waals surface area contributed by atoms with Gasteiger partial charge in [0.05, 0.1) is 0 Å². The van der Waals surface area contributed by atoms with E-state index in [0.29, 0.717) is 17.9 Å². The minimum absolute atomic E-state index is 0.00642. The standard InChI is InChI=1S/C58H54N2/c1-38-18-21-41-12-6-10-16-55(41)59(38)46-27-25-43-35-45(24-23-44(43)36-46)49-30-26-40(48-14-8-9-15-50(48)49)22-19-39-20-29-51-52-31-28-47(37-54(52)58(4,5)53(51)34-39)60-56-17-11-7-13-42(56)32-33-57(60,2)3/h6-17,19-20,22-31,34-38,52,54H,18,21,32-33H2,1-5H3/b22-19+. The predicted molar refractivity (Wildman–Crippen MR) is 256 cm³/mol. The summed E-state index contributed by atoms with van der Waals surface area (Å²) in [5.74, 6) is 0.797. The number of aryl methyl sites for hydroxylation is 2. The highest BCUT2D eigenvalue weighted by Gasteiger charge is 2.46. The zero-order chi connectivity index (χ0) is 40.8. The molecular formula is C58H54N2. The summed E-state index contributed by atoms with van der Waals surface area (Å²) in [5.41, 5.74) is 16.3. The first-order valence-electron chi connectivity index (χ1n) is 22.2. The van der Waals surface area contributed by atoms with Crippen molar-refractivity contribution in [1.29, 1.82) is 0 Å². The Morgan fingerprint density at radius 3 is 2.23 bits per heavy atom. The molecule has 2 heterocycles. The van der Waals surface area contributed by atoms with Gasteiger partial charge in [0, 0.05) is 40.3 Å². The lowest BCUT2D eigenvalue weighted by Gasteiger charge is -2.47. The monoisotopic (exact) mass is 778 g/mol. The number of para-hydroxylation sites is 2. The molecule has 2 nitrogen and oxygen atoms in total. The van der Waals surface area contributed by atoms with Crippen LogP contribution >= 0.6 is 0 Å². The average molecular weight is 779 g/mol. The van der Waals surface area contributed by atoms with E-state index in [1.54, 1.807) is 0 Å². The molecule has 0 amide bonds. The zero-order valence-electron chi connectivity index (χ0n) is 35.6. The Kier molecular flexibility index (Phi) is 8.61. The van der Waals surface area contributed by atoms with E-state index >= 15 is 0 Å². The third-order valence-electron chi connectivity index (χ3n) is 14.6. The quantitative estimate of drug-likeness (QED) is 0.161. The van der Waals surface area contributed by atoms with Crippen molar-refractivity contribution in [3.05, 3.63) is 197 Å². The van der Waals surface area contributed by atoms with Gasteiger partial charge in [-0.2, -0.15) is 0 Å². The van der Waals surface area contributed by atoms with Crippen molar-refractivity contribution in [2.24, 2.45) is 5.92 Å². The van der Waals surface area contributed by atoms with Gasteiger partial charge < -0.3 is 9.80 Å². The van der Waals surface area contributed by atoms with Crippen LogP contribution in [0.3, 0.4) is 0 Å². The van der Waals surface area contributed by atoms with Crippen molar-refractivity contribution >= 4 is 50.8 Å². The number of hydrogen-bond donors (Lipinski definition) is 0. The Morgan fingerprint density at radius 2 is 1.38 bits per heavy atom. The van der Waals surface area contributed by atoms with Gasteiger partial charge in [0.1, 0.15) is 0 Å². The van der Waals surface area contributed by atoms with Gasteiger partial charge in [0.2, 0.25) is 0 Å². The molecule has 2 aliphatic carbocycles. The fraction of sp³-hybridized carbons (Fsp3) is 0.241. The fourth-order valence-corrected chi connectivity index (χ4v) is 11.3. The summed E-state index contributed by atoms with van der Waals surface area (Å²) >= 11 is 0. The van der Waals surface area contributed by atoms with Crippen molar-refractivity contribution in [1.82, 2.24) is 0 Å². The van der Waals surface area contributed by atoms with Crippen molar-refractivity contribution in [2.75, 3.05) is 9.80 Å². The molecule has 7 aromatic rings. The molecule has 0 spiro atoms. The van der Waals surface area contributed by atoms with E-state index in [-0.39, 0.29) is 11.0 Å². The predicted octanol–water partition coefficient (Wildman–Crippen LogP) is 15.0. The highest BCUT2D eigenvalue weighted by Crippen LogP contribution is 2.55. The molecule has 0 N–H and O–H groups in total. The van der Waals surface area contributed by atoms with Gasteiger partial charge in [-0.25, -0.2) is 0 Å². The maximum atomic E-state index is 2.62. The highest BCUT2D eigenvalue weighted by atomic mass is 15.2. The summed E-state index contributed by atoms with van der Waals surface area (Å²) in [4.78, 5) is 5.15. The number of hydrogen-bond acceptors (Lipinski definition) is 2. The Morgan fingerprint density at radius 1 is 0.650 bits per heavy atom. The number of nitrogens with zero attached hydrogens (tertiary/aromatic N) is 2.